The Kier molecular flexibility index (Phi) is 6.40. The summed E-state index contributed by atoms with van der Waals surface area (Å²) >= 11 is 0. The summed E-state index contributed by atoms with van der Waals surface area (Å²) in [5, 5.41) is 14.7. The van der Waals surface area contributed by atoms with Crippen molar-refractivity contribution in [3.8, 4) is 5.75 Å². The van der Waals surface area contributed by atoms with E-state index in [1.807, 2.05) is 38.1 Å². The molecule has 2 aromatic rings. The van der Waals surface area contributed by atoms with Crippen LogP contribution in [-0.4, -0.2) is 27.5 Å². The van der Waals surface area contributed by atoms with Crippen molar-refractivity contribution in [3.63, 3.8) is 0 Å². The number of anilines is 1. The van der Waals surface area contributed by atoms with Crippen LogP contribution in [0.5, 0.6) is 5.75 Å². The summed E-state index contributed by atoms with van der Waals surface area (Å²) in [6, 6.07) is 11.0. The first-order chi connectivity index (χ1) is 12.7. The number of nitrogens with one attached hydrogen (secondary N) is 2. The molecular formula is C18H23N3O5S. The first-order valence-electron chi connectivity index (χ1n) is 8.32. The fourth-order valence-corrected chi connectivity index (χ4v) is 3.43. The molecule has 0 saturated heterocycles. The molecule has 0 radical (unpaired) electrons. The van der Waals surface area contributed by atoms with Gasteiger partial charge in [0.1, 0.15) is 11.4 Å². The van der Waals surface area contributed by atoms with Gasteiger partial charge in [0.25, 0.3) is 5.69 Å². The highest BCUT2D eigenvalue weighted by molar-refractivity contribution is 7.89. The Morgan fingerprint density at radius 1 is 1.11 bits per heavy atom. The Hall–Kier alpha value is -2.65. The third-order valence-corrected chi connectivity index (χ3v) is 5.61. The van der Waals surface area contributed by atoms with Gasteiger partial charge in [-0.2, -0.15) is 0 Å². The molecule has 0 aromatic heterocycles. The first-order valence-corrected chi connectivity index (χ1v) is 9.80. The lowest BCUT2D eigenvalue weighted by Crippen LogP contribution is -2.20. The van der Waals surface area contributed by atoms with Gasteiger partial charge < -0.3 is 10.1 Å². The zero-order chi connectivity index (χ0) is 20.2. The van der Waals surface area contributed by atoms with Gasteiger partial charge in [0, 0.05) is 6.07 Å². The van der Waals surface area contributed by atoms with E-state index in [1.165, 1.54) is 19.2 Å². The van der Waals surface area contributed by atoms with Gasteiger partial charge in [0.2, 0.25) is 10.0 Å². The van der Waals surface area contributed by atoms with Crippen molar-refractivity contribution in [1.29, 1.82) is 0 Å². The number of benzene rings is 2. The average Bonchev–Trinajstić information content (AvgIpc) is 2.65. The standard InChI is InChI=1S/C18H23N3O5S/c1-12(2)18(13-5-7-14(26-4)8-6-13)20-16-10-9-15(27(24,25)19-3)11-17(16)21(22)23/h5-12,18-20H,1-4H3. The molecule has 0 saturated carbocycles. The molecule has 146 valence electrons. The Labute approximate surface area is 158 Å². The van der Waals surface area contributed by atoms with Gasteiger partial charge in [0.15, 0.2) is 0 Å². The third-order valence-electron chi connectivity index (χ3n) is 4.20. The van der Waals surface area contributed by atoms with Crippen molar-refractivity contribution in [2.24, 2.45) is 5.92 Å². The molecule has 0 amide bonds. The summed E-state index contributed by atoms with van der Waals surface area (Å²) in [6.45, 7) is 3.99. The molecule has 0 fully saturated rings. The van der Waals surface area contributed by atoms with E-state index >= 15 is 0 Å². The summed E-state index contributed by atoms with van der Waals surface area (Å²) < 4.78 is 31.2. The highest BCUT2D eigenvalue weighted by Gasteiger charge is 2.24. The quantitative estimate of drug-likeness (QED) is 0.526. The molecule has 0 spiro atoms. The van der Waals surface area contributed by atoms with Gasteiger partial charge in [-0.3, -0.25) is 10.1 Å². The van der Waals surface area contributed by atoms with Gasteiger partial charge in [-0.05, 0) is 42.8 Å². The molecule has 0 bridgehead atoms. The van der Waals surface area contributed by atoms with Gasteiger partial charge in [-0.1, -0.05) is 26.0 Å². The smallest absolute Gasteiger partial charge is 0.293 e. The first kappa shape index (κ1) is 20.7. The number of rotatable bonds is 8. The summed E-state index contributed by atoms with van der Waals surface area (Å²) in [7, 11) is -0.935. The van der Waals surface area contributed by atoms with E-state index in [0.29, 0.717) is 5.75 Å². The monoisotopic (exact) mass is 393 g/mol. The number of methoxy groups -OCH3 is 1. The van der Waals surface area contributed by atoms with Crippen LogP contribution in [0, 0.1) is 16.0 Å². The number of hydrogen-bond acceptors (Lipinski definition) is 6. The Balaban J connectivity index is 2.44. The number of ether oxygens (including phenoxy) is 1. The lowest BCUT2D eigenvalue weighted by atomic mass is 9.95. The van der Waals surface area contributed by atoms with E-state index in [0.717, 1.165) is 11.6 Å². The van der Waals surface area contributed by atoms with Crippen molar-refractivity contribution in [2.45, 2.75) is 24.8 Å². The van der Waals surface area contributed by atoms with Crippen LogP contribution in [0.15, 0.2) is 47.4 Å². The van der Waals surface area contributed by atoms with Crippen molar-refractivity contribution in [2.75, 3.05) is 19.5 Å². The van der Waals surface area contributed by atoms with Crippen molar-refractivity contribution in [3.05, 3.63) is 58.1 Å². The van der Waals surface area contributed by atoms with E-state index < -0.39 is 14.9 Å². The molecule has 1 unspecified atom stereocenters. The van der Waals surface area contributed by atoms with E-state index in [9.17, 15) is 18.5 Å². The van der Waals surface area contributed by atoms with Crippen LogP contribution in [0.1, 0.15) is 25.5 Å². The zero-order valence-electron chi connectivity index (χ0n) is 15.6. The molecule has 2 rings (SSSR count). The Morgan fingerprint density at radius 3 is 2.22 bits per heavy atom. The molecule has 0 heterocycles. The number of nitrogens with zero attached hydrogens (tertiary/aromatic N) is 1. The molecule has 0 aliphatic heterocycles. The number of hydrogen-bond donors (Lipinski definition) is 2. The van der Waals surface area contributed by atoms with Crippen LogP contribution < -0.4 is 14.8 Å². The van der Waals surface area contributed by atoms with Gasteiger partial charge >= 0.3 is 0 Å². The predicted molar refractivity (Wildman–Crippen MR) is 104 cm³/mol. The molecule has 9 heteroatoms. The maximum absolute atomic E-state index is 11.9. The van der Waals surface area contributed by atoms with E-state index in [4.69, 9.17) is 4.74 Å². The van der Waals surface area contributed by atoms with E-state index in [1.54, 1.807) is 7.11 Å². The zero-order valence-corrected chi connectivity index (χ0v) is 16.4. The van der Waals surface area contributed by atoms with Crippen LogP contribution in [-0.2, 0) is 10.0 Å². The number of nitro benzene ring substituents is 1. The molecule has 0 aliphatic rings. The van der Waals surface area contributed by atoms with Gasteiger partial charge in [-0.15, -0.1) is 0 Å². The molecule has 0 aliphatic carbocycles. The lowest BCUT2D eigenvalue weighted by molar-refractivity contribution is -0.384. The van der Waals surface area contributed by atoms with E-state index in [2.05, 4.69) is 10.0 Å². The summed E-state index contributed by atoms with van der Waals surface area (Å²) in [5.41, 5.74) is 0.891. The molecule has 8 nitrogen and oxygen atoms in total. The summed E-state index contributed by atoms with van der Waals surface area (Å²) in [4.78, 5) is 10.7. The lowest BCUT2D eigenvalue weighted by Gasteiger charge is -2.24. The fourth-order valence-electron chi connectivity index (χ4n) is 2.68. The largest absolute Gasteiger partial charge is 0.497 e. The normalized spacial score (nSPS) is 12.6. The van der Waals surface area contributed by atoms with E-state index in [-0.39, 0.29) is 28.2 Å². The minimum atomic E-state index is -3.77. The molecule has 2 N–H and O–H groups in total. The van der Waals surface area contributed by atoms with Crippen LogP contribution in [0.25, 0.3) is 0 Å². The maximum Gasteiger partial charge on any atom is 0.293 e. The number of sulfonamides is 1. The minimum Gasteiger partial charge on any atom is -0.497 e. The fraction of sp³-hybridized carbons (Fsp3) is 0.333. The molecule has 27 heavy (non-hydrogen) atoms. The second kappa shape index (κ2) is 8.36. The highest BCUT2D eigenvalue weighted by Crippen LogP contribution is 2.33. The topological polar surface area (TPSA) is 111 Å². The molecule has 2 aromatic carbocycles. The third kappa shape index (κ3) is 4.75. The highest BCUT2D eigenvalue weighted by atomic mass is 32.2. The average molecular weight is 393 g/mol. The second-order valence-electron chi connectivity index (χ2n) is 6.28. The van der Waals surface area contributed by atoms with Crippen molar-refractivity contribution >= 4 is 21.4 Å². The van der Waals surface area contributed by atoms with Crippen LogP contribution >= 0.6 is 0 Å². The van der Waals surface area contributed by atoms with Crippen molar-refractivity contribution < 1.29 is 18.1 Å². The summed E-state index contributed by atoms with van der Waals surface area (Å²) in [6.07, 6.45) is 0. The maximum atomic E-state index is 11.9. The minimum absolute atomic E-state index is 0.124. The van der Waals surface area contributed by atoms with Crippen molar-refractivity contribution in [1.82, 2.24) is 4.72 Å². The van der Waals surface area contributed by atoms with Crippen LogP contribution in [0.3, 0.4) is 0 Å². The summed E-state index contributed by atoms with van der Waals surface area (Å²) in [5.74, 6) is 0.840. The van der Waals surface area contributed by atoms with Crippen LogP contribution in [0.2, 0.25) is 0 Å². The second-order valence-corrected chi connectivity index (χ2v) is 8.17. The number of nitro groups is 1. The molecule has 1 atom stereocenters. The van der Waals surface area contributed by atoms with Crippen LogP contribution in [0.4, 0.5) is 11.4 Å². The SMILES string of the molecule is CNS(=O)(=O)c1ccc(NC(c2ccc(OC)cc2)C(C)C)c([N+](=O)[O-])c1. The Bertz CT molecular complexity index is 911. The van der Waals surface area contributed by atoms with Gasteiger partial charge in [-0.25, -0.2) is 13.1 Å². The van der Waals surface area contributed by atoms with Gasteiger partial charge in [0.05, 0.1) is 23.0 Å². The Morgan fingerprint density at radius 2 is 1.74 bits per heavy atom. The predicted octanol–water partition coefficient (Wildman–Crippen LogP) is 3.32. The molecular weight excluding hydrogens is 370 g/mol.